The number of aryl methyl sites for hydroxylation is 1. The van der Waals surface area contributed by atoms with Crippen LogP contribution in [0, 0.1) is 5.82 Å². The van der Waals surface area contributed by atoms with Gasteiger partial charge in [0.15, 0.2) is 11.6 Å². The molecule has 110 valence electrons. The Morgan fingerprint density at radius 1 is 1.45 bits per heavy atom. The van der Waals surface area contributed by atoms with Gasteiger partial charge in [0.2, 0.25) is 5.91 Å². The van der Waals surface area contributed by atoms with Gasteiger partial charge in [0.05, 0.1) is 7.11 Å². The molecule has 20 heavy (non-hydrogen) atoms. The summed E-state index contributed by atoms with van der Waals surface area (Å²) in [5.74, 6) is 0.0435. The molecule has 1 aliphatic rings. The van der Waals surface area contributed by atoms with Crippen molar-refractivity contribution in [2.24, 2.45) is 0 Å². The summed E-state index contributed by atoms with van der Waals surface area (Å²) in [6, 6.07) is 5.21. The number of amides is 1. The number of piperidine rings is 1. The predicted octanol–water partition coefficient (Wildman–Crippen LogP) is 3.17. The first kappa shape index (κ1) is 14.8. The predicted molar refractivity (Wildman–Crippen MR) is 76.3 cm³/mol. The van der Waals surface area contributed by atoms with Crippen LogP contribution < -0.4 is 4.74 Å². The van der Waals surface area contributed by atoms with E-state index in [1.807, 2.05) is 11.0 Å². The van der Waals surface area contributed by atoms with Gasteiger partial charge in [-0.3, -0.25) is 4.79 Å². The number of rotatable bonds is 4. The first-order valence-corrected chi connectivity index (χ1v) is 7.23. The standard InChI is InChI=1S/C16H22FNO2/c1-12-5-3-4-10-18(12)16(19)9-7-13-6-8-15(20-2)14(17)11-13/h6,8,11-12H,3-5,7,9-10H2,1-2H3. The molecule has 1 amide bonds. The van der Waals surface area contributed by atoms with E-state index in [-0.39, 0.29) is 17.5 Å². The van der Waals surface area contributed by atoms with E-state index in [9.17, 15) is 9.18 Å². The van der Waals surface area contributed by atoms with Crippen LogP contribution in [-0.2, 0) is 11.2 Å². The Labute approximate surface area is 119 Å². The van der Waals surface area contributed by atoms with E-state index in [1.165, 1.54) is 19.6 Å². The van der Waals surface area contributed by atoms with Crippen molar-refractivity contribution in [2.45, 2.75) is 45.1 Å². The summed E-state index contributed by atoms with van der Waals surface area (Å²) in [5, 5.41) is 0. The molecule has 1 aromatic rings. The molecule has 0 radical (unpaired) electrons. The zero-order valence-electron chi connectivity index (χ0n) is 12.2. The van der Waals surface area contributed by atoms with E-state index in [0.29, 0.717) is 18.9 Å². The Morgan fingerprint density at radius 3 is 2.90 bits per heavy atom. The smallest absolute Gasteiger partial charge is 0.223 e. The van der Waals surface area contributed by atoms with Crippen molar-refractivity contribution in [3.63, 3.8) is 0 Å². The fourth-order valence-electron chi connectivity index (χ4n) is 2.73. The topological polar surface area (TPSA) is 29.5 Å². The SMILES string of the molecule is COc1ccc(CCC(=O)N2CCCCC2C)cc1F. The number of ether oxygens (including phenoxy) is 1. The average Bonchev–Trinajstić information content (AvgIpc) is 2.45. The third-order valence-corrected chi connectivity index (χ3v) is 3.97. The summed E-state index contributed by atoms with van der Waals surface area (Å²) in [4.78, 5) is 14.2. The molecule has 1 saturated heterocycles. The van der Waals surface area contributed by atoms with E-state index in [1.54, 1.807) is 6.07 Å². The first-order chi connectivity index (χ1) is 9.61. The molecule has 0 aliphatic carbocycles. The molecule has 2 rings (SSSR count). The monoisotopic (exact) mass is 279 g/mol. The van der Waals surface area contributed by atoms with Gasteiger partial charge < -0.3 is 9.64 Å². The summed E-state index contributed by atoms with van der Waals surface area (Å²) >= 11 is 0. The van der Waals surface area contributed by atoms with Gasteiger partial charge in [-0.15, -0.1) is 0 Å². The zero-order chi connectivity index (χ0) is 14.5. The second-order valence-corrected chi connectivity index (χ2v) is 5.40. The van der Waals surface area contributed by atoms with Crippen molar-refractivity contribution in [1.29, 1.82) is 0 Å². The molecular weight excluding hydrogens is 257 g/mol. The molecule has 0 N–H and O–H groups in total. The number of methoxy groups -OCH3 is 1. The van der Waals surface area contributed by atoms with Crippen LogP contribution >= 0.6 is 0 Å². The van der Waals surface area contributed by atoms with Gasteiger partial charge in [-0.1, -0.05) is 6.07 Å². The maximum absolute atomic E-state index is 13.6. The highest BCUT2D eigenvalue weighted by molar-refractivity contribution is 5.76. The van der Waals surface area contributed by atoms with Crippen molar-refractivity contribution < 1.29 is 13.9 Å². The van der Waals surface area contributed by atoms with Crippen LogP contribution in [0.2, 0.25) is 0 Å². The quantitative estimate of drug-likeness (QED) is 0.847. The van der Waals surface area contributed by atoms with Crippen molar-refractivity contribution >= 4 is 5.91 Å². The average molecular weight is 279 g/mol. The Balaban J connectivity index is 1.91. The summed E-state index contributed by atoms with van der Waals surface area (Å²) in [5.41, 5.74) is 0.835. The van der Waals surface area contributed by atoms with Crippen molar-refractivity contribution in [3.8, 4) is 5.75 Å². The van der Waals surface area contributed by atoms with Gasteiger partial charge in [-0.2, -0.15) is 0 Å². The Hall–Kier alpha value is -1.58. The molecule has 1 aromatic carbocycles. The summed E-state index contributed by atoms with van der Waals surface area (Å²) < 4.78 is 18.5. The lowest BCUT2D eigenvalue weighted by molar-refractivity contribution is -0.134. The second kappa shape index (κ2) is 6.73. The van der Waals surface area contributed by atoms with Crippen LogP contribution in [0.3, 0.4) is 0 Å². The normalized spacial score (nSPS) is 18.9. The summed E-state index contributed by atoms with van der Waals surface area (Å²) in [7, 11) is 1.44. The maximum Gasteiger partial charge on any atom is 0.223 e. The Bertz CT molecular complexity index is 476. The number of hydrogen-bond donors (Lipinski definition) is 0. The second-order valence-electron chi connectivity index (χ2n) is 5.40. The van der Waals surface area contributed by atoms with Gasteiger partial charge in [-0.05, 0) is 50.3 Å². The van der Waals surface area contributed by atoms with Crippen LogP contribution in [0.5, 0.6) is 5.75 Å². The molecule has 0 saturated carbocycles. The number of carbonyl (C=O) groups is 1. The number of carbonyl (C=O) groups excluding carboxylic acids is 1. The van der Waals surface area contributed by atoms with Crippen LogP contribution in [-0.4, -0.2) is 30.5 Å². The maximum atomic E-state index is 13.6. The highest BCUT2D eigenvalue weighted by Gasteiger charge is 2.22. The Kier molecular flexibility index (Phi) is 4.99. The lowest BCUT2D eigenvalue weighted by Crippen LogP contribution is -2.42. The number of nitrogens with zero attached hydrogens (tertiary/aromatic N) is 1. The minimum Gasteiger partial charge on any atom is -0.494 e. The summed E-state index contributed by atoms with van der Waals surface area (Å²) in [6.45, 7) is 2.96. The number of hydrogen-bond acceptors (Lipinski definition) is 2. The molecule has 0 bridgehead atoms. The number of halogens is 1. The van der Waals surface area contributed by atoms with Gasteiger partial charge in [-0.25, -0.2) is 4.39 Å². The van der Waals surface area contributed by atoms with Crippen molar-refractivity contribution in [3.05, 3.63) is 29.6 Å². The molecule has 1 fully saturated rings. The third-order valence-electron chi connectivity index (χ3n) is 3.97. The van der Waals surface area contributed by atoms with Crippen LogP contribution in [0.4, 0.5) is 4.39 Å². The molecule has 1 aliphatic heterocycles. The largest absolute Gasteiger partial charge is 0.494 e. The summed E-state index contributed by atoms with van der Waals surface area (Å²) in [6.07, 6.45) is 4.39. The van der Waals surface area contributed by atoms with E-state index < -0.39 is 0 Å². The lowest BCUT2D eigenvalue weighted by Gasteiger charge is -2.33. The Morgan fingerprint density at radius 2 is 2.25 bits per heavy atom. The van der Waals surface area contributed by atoms with E-state index >= 15 is 0 Å². The number of benzene rings is 1. The van der Waals surface area contributed by atoms with Gasteiger partial charge in [0.25, 0.3) is 0 Å². The van der Waals surface area contributed by atoms with E-state index in [2.05, 4.69) is 6.92 Å². The highest BCUT2D eigenvalue weighted by Crippen LogP contribution is 2.20. The van der Waals surface area contributed by atoms with Crippen LogP contribution in [0.15, 0.2) is 18.2 Å². The minimum absolute atomic E-state index is 0.174. The molecule has 1 heterocycles. The molecule has 1 atom stereocenters. The number of likely N-dealkylation sites (tertiary alicyclic amines) is 1. The van der Waals surface area contributed by atoms with E-state index in [4.69, 9.17) is 4.74 Å². The molecule has 3 nitrogen and oxygen atoms in total. The van der Waals surface area contributed by atoms with E-state index in [0.717, 1.165) is 24.9 Å². The highest BCUT2D eigenvalue weighted by atomic mass is 19.1. The molecule has 1 unspecified atom stereocenters. The molecule has 4 heteroatoms. The first-order valence-electron chi connectivity index (χ1n) is 7.23. The third kappa shape index (κ3) is 3.50. The van der Waals surface area contributed by atoms with Gasteiger partial charge in [0, 0.05) is 19.0 Å². The fourth-order valence-corrected chi connectivity index (χ4v) is 2.73. The van der Waals surface area contributed by atoms with Gasteiger partial charge >= 0.3 is 0 Å². The molecule has 0 spiro atoms. The molecule has 0 aromatic heterocycles. The van der Waals surface area contributed by atoms with Crippen molar-refractivity contribution in [1.82, 2.24) is 4.90 Å². The van der Waals surface area contributed by atoms with Crippen LogP contribution in [0.25, 0.3) is 0 Å². The molecular formula is C16H22FNO2. The minimum atomic E-state index is -0.371. The van der Waals surface area contributed by atoms with Crippen molar-refractivity contribution in [2.75, 3.05) is 13.7 Å². The fraction of sp³-hybridized carbons (Fsp3) is 0.562. The zero-order valence-corrected chi connectivity index (χ0v) is 12.2. The van der Waals surface area contributed by atoms with Gasteiger partial charge in [0.1, 0.15) is 0 Å². The van der Waals surface area contributed by atoms with Crippen LogP contribution in [0.1, 0.15) is 38.2 Å². The lowest BCUT2D eigenvalue weighted by atomic mass is 10.0.